The average molecular weight is 304 g/mol. The lowest BCUT2D eigenvalue weighted by molar-refractivity contribution is 0.0590. The summed E-state index contributed by atoms with van der Waals surface area (Å²) in [6, 6.07) is 0. The fourth-order valence-corrected chi connectivity index (χ4v) is 5.23. The average Bonchev–Trinajstić information content (AvgIpc) is 2.94. The van der Waals surface area contributed by atoms with Crippen LogP contribution in [0.1, 0.15) is 37.2 Å². The Morgan fingerprint density at radius 3 is 2.74 bits per heavy atom. The van der Waals surface area contributed by atoms with Gasteiger partial charge in [-0.2, -0.15) is 8.68 Å². The number of carbonyl (C=O) groups excluding carboxylic acids is 1. The van der Waals surface area contributed by atoms with E-state index in [1.807, 2.05) is 13.8 Å². The predicted molar refractivity (Wildman–Crippen MR) is 70.7 cm³/mol. The van der Waals surface area contributed by atoms with E-state index in [2.05, 4.69) is 9.11 Å². The van der Waals surface area contributed by atoms with Crippen LogP contribution in [0.15, 0.2) is 10.3 Å². The van der Waals surface area contributed by atoms with E-state index in [-0.39, 0.29) is 10.6 Å². The van der Waals surface area contributed by atoms with Gasteiger partial charge in [-0.1, -0.05) is 0 Å². The van der Waals surface area contributed by atoms with Gasteiger partial charge in [-0.15, -0.1) is 0 Å². The van der Waals surface area contributed by atoms with Crippen LogP contribution in [-0.4, -0.2) is 42.3 Å². The molecule has 0 aromatic carbocycles. The summed E-state index contributed by atoms with van der Waals surface area (Å²) >= 11 is 0.939. The molecule has 2 rings (SSSR count). The summed E-state index contributed by atoms with van der Waals surface area (Å²) in [5.41, 5.74) is -0.566. The first-order chi connectivity index (χ1) is 8.80. The summed E-state index contributed by atoms with van der Waals surface area (Å²) in [4.78, 5) is 11.5. The van der Waals surface area contributed by atoms with Crippen molar-refractivity contribution in [1.29, 1.82) is 0 Å². The fraction of sp³-hybridized carbons (Fsp3) is 0.636. The molecule has 1 aliphatic heterocycles. The molecule has 1 aliphatic rings. The number of esters is 1. The molecule has 1 aromatic heterocycles. The zero-order chi connectivity index (χ0) is 14.3. The molecule has 0 bridgehead atoms. The van der Waals surface area contributed by atoms with Crippen molar-refractivity contribution in [3.8, 4) is 0 Å². The molecular weight excluding hydrogens is 288 g/mol. The molecule has 19 heavy (non-hydrogen) atoms. The summed E-state index contributed by atoms with van der Waals surface area (Å²) in [7, 11) is -2.50. The van der Waals surface area contributed by atoms with Gasteiger partial charge >= 0.3 is 5.97 Å². The zero-order valence-electron chi connectivity index (χ0n) is 11.0. The molecule has 0 saturated carbocycles. The molecule has 8 heteroatoms. The minimum Gasteiger partial charge on any atom is -0.464 e. The Morgan fingerprint density at radius 1 is 1.53 bits per heavy atom. The maximum absolute atomic E-state index is 12.6. The Morgan fingerprint density at radius 2 is 2.21 bits per heavy atom. The second-order valence-corrected chi connectivity index (χ2v) is 7.47. The molecule has 1 aromatic rings. The first kappa shape index (κ1) is 14.4. The van der Waals surface area contributed by atoms with Crippen LogP contribution in [0.5, 0.6) is 0 Å². The van der Waals surface area contributed by atoms with Crippen LogP contribution >= 0.6 is 11.5 Å². The Bertz CT molecular complexity index is 592. The van der Waals surface area contributed by atoms with Crippen molar-refractivity contribution < 1.29 is 17.9 Å². The summed E-state index contributed by atoms with van der Waals surface area (Å²) in [5.74, 6) is -0.725. The van der Waals surface area contributed by atoms with Gasteiger partial charge in [0.1, 0.15) is 4.90 Å². The Balaban J connectivity index is 2.46. The highest BCUT2D eigenvalue weighted by Crippen LogP contribution is 2.35. The first-order valence-corrected chi connectivity index (χ1v) is 8.14. The summed E-state index contributed by atoms with van der Waals surface area (Å²) in [6.45, 7) is 4.23. The highest BCUT2D eigenvalue weighted by molar-refractivity contribution is 7.89. The van der Waals surface area contributed by atoms with Gasteiger partial charge in [-0.05, 0) is 38.2 Å². The number of hydrogen-bond acceptors (Lipinski definition) is 6. The number of nitrogens with zero attached hydrogens (tertiary/aromatic N) is 2. The van der Waals surface area contributed by atoms with Gasteiger partial charge < -0.3 is 4.74 Å². The molecule has 0 N–H and O–H groups in total. The van der Waals surface area contributed by atoms with Crippen molar-refractivity contribution in [3.63, 3.8) is 0 Å². The lowest BCUT2D eigenvalue weighted by Gasteiger charge is -2.30. The number of methoxy groups -OCH3 is 1. The molecule has 0 spiro atoms. The highest BCUT2D eigenvalue weighted by Gasteiger charge is 2.43. The molecule has 0 aliphatic carbocycles. The first-order valence-electron chi connectivity index (χ1n) is 5.86. The molecule has 0 unspecified atom stereocenters. The predicted octanol–water partition coefficient (Wildman–Crippen LogP) is 1.49. The Labute approximate surface area is 116 Å². The zero-order valence-corrected chi connectivity index (χ0v) is 12.7. The number of rotatable bonds is 3. The van der Waals surface area contributed by atoms with Crippen LogP contribution in [0.3, 0.4) is 0 Å². The van der Waals surface area contributed by atoms with Crippen LogP contribution in [0.2, 0.25) is 0 Å². The third-order valence-electron chi connectivity index (χ3n) is 3.31. The Kier molecular flexibility index (Phi) is 3.67. The second kappa shape index (κ2) is 4.84. The normalized spacial score (nSPS) is 19.5. The molecule has 1 fully saturated rings. The monoisotopic (exact) mass is 304 g/mol. The van der Waals surface area contributed by atoms with E-state index in [0.717, 1.165) is 24.4 Å². The van der Waals surface area contributed by atoms with Crippen LogP contribution < -0.4 is 0 Å². The van der Waals surface area contributed by atoms with Crippen molar-refractivity contribution in [2.24, 2.45) is 0 Å². The third kappa shape index (κ3) is 2.39. The number of sulfonamides is 1. The standard InChI is InChI=1S/C11H16N2O4S2/c1-11(2)5-4-6-13(11)19(15,16)8-7-18-12-9(8)10(14)17-3/h7H,4-6H2,1-3H3. The van der Waals surface area contributed by atoms with E-state index in [1.54, 1.807) is 0 Å². The van der Waals surface area contributed by atoms with E-state index in [4.69, 9.17) is 0 Å². The SMILES string of the molecule is COC(=O)c1nscc1S(=O)(=O)N1CCCC1(C)C. The third-order valence-corrected chi connectivity index (χ3v) is 6.21. The largest absolute Gasteiger partial charge is 0.464 e. The van der Waals surface area contributed by atoms with Crippen molar-refractivity contribution in [1.82, 2.24) is 8.68 Å². The number of carbonyl (C=O) groups is 1. The van der Waals surface area contributed by atoms with Crippen LogP contribution in [-0.2, 0) is 14.8 Å². The van der Waals surface area contributed by atoms with Gasteiger partial charge in [0.25, 0.3) is 0 Å². The van der Waals surface area contributed by atoms with Gasteiger partial charge in [0, 0.05) is 17.5 Å². The van der Waals surface area contributed by atoms with E-state index in [1.165, 1.54) is 16.8 Å². The van der Waals surface area contributed by atoms with Crippen LogP contribution in [0, 0.1) is 0 Å². The maximum atomic E-state index is 12.6. The van der Waals surface area contributed by atoms with Gasteiger partial charge in [0.2, 0.25) is 10.0 Å². The summed E-state index contributed by atoms with van der Waals surface area (Å²) < 4.78 is 35.1. The molecule has 106 valence electrons. The van der Waals surface area contributed by atoms with E-state index >= 15 is 0 Å². The fourth-order valence-electron chi connectivity index (χ4n) is 2.29. The van der Waals surface area contributed by atoms with Crippen molar-refractivity contribution in [2.75, 3.05) is 13.7 Å². The molecule has 0 atom stereocenters. The minimum atomic E-state index is -3.71. The lowest BCUT2D eigenvalue weighted by atomic mass is 10.0. The van der Waals surface area contributed by atoms with Gasteiger partial charge in [0.05, 0.1) is 7.11 Å². The molecule has 2 heterocycles. The summed E-state index contributed by atoms with van der Waals surface area (Å²) in [6.07, 6.45) is 1.62. The van der Waals surface area contributed by atoms with Crippen molar-refractivity contribution in [3.05, 3.63) is 11.1 Å². The molecule has 0 amide bonds. The highest BCUT2D eigenvalue weighted by atomic mass is 32.2. The van der Waals surface area contributed by atoms with Crippen molar-refractivity contribution in [2.45, 2.75) is 37.1 Å². The maximum Gasteiger partial charge on any atom is 0.359 e. The quantitative estimate of drug-likeness (QED) is 0.791. The minimum absolute atomic E-state index is 0.0562. The lowest BCUT2D eigenvalue weighted by Crippen LogP contribution is -2.42. The van der Waals surface area contributed by atoms with Crippen molar-refractivity contribution >= 4 is 27.5 Å². The van der Waals surface area contributed by atoms with Gasteiger partial charge in [-0.25, -0.2) is 13.2 Å². The van der Waals surface area contributed by atoms with Gasteiger partial charge in [0.15, 0.2) is 5.69 Å². The molecular formula is C11H16N2O4S2. The molecule has 0 radical (unpaired) electrons. The number of ether oxygens (including phenoxy) is 1. The molecule has 1 saturated heterocycles. The molecule has 6 nitrogen and oxygen atoms in total. The topological polar surface area (TPSA) is 76.6 Å². The number of hydrogen-bond donors (Lipinski definition) is 0. The van der Waals surface area contributed by atoms with E-state index < -0.39 is 21.5 Å². The number of aromatic nitrogens is 1. The van der Waals surface area contributed by atoms with Crippen LogP contribution in [0.25, 0.3) is 0 Å². The second-order valence-electron chi connectivity index (χ2n) is 5.01. The van der Waals surface area contributed by atoms with Crippen LogP contribution in [0.4, 0.5) is 0 Å². The Hall–Kier alpha value is -0.990. The van der Waals surface area contributed by atoms with Gasteiger partial charge in [-0.3, -0.25) is 0 Å². The smallest absolute Gasteiger partial charge is 0.359 e. The van der Waals surface area contributed by atoms with E-state index in [0.29, 0.717) is 6.54 Å². The van der Waals surface area contributed by atoms with E-state index in [9.17, 15) is 13.2 Å². The summed E-state index contributed by atoms with van der Waals surface area (Å²) in [5, 5.41) is 1.38.